The van der Waals surface area contributed by atoms with Gasteiger partial charge in [-0.1, -0.05) is 0 Å². The van der Waals surface area contributed by atoms with E-state index < -0.39 is 5.60 Å². The van der Waals surface area contributed by atoms with Crippen molar-refractivity contribution in [3.8, 4) is 0 Å². The zero-order chi connectivity index (χ0) is 15.0. The fraction of sp³-hybridized carbons (Fsp3) is 0.714. The Labute approximate surface area is 120 Å². The van der Waals surface area contributed by atoms with E-state index in [2.05, 4.69) is 15.6 Å². The summed E-state index contributed by atoms with van der Waals surface area (Å²) in [7, 11) is 1.98. The molecule has 1 amide bonds. The van der Waals surface area contributed by atoms with Gasteiger partial charge < -0.3 is 19.9 Å². The minimum atomic E-state index is -0.437. The van der Waals surface area contributed by atoms with E-state index >= 15 is 0 Å². The molecule has 0 atom stereocenters. The highest BCUT2D eigenvalue weighted by molar-refractivity contribution is 5.67. The zero-order valence-corrected chi connectivity index (χ0v) is 12.9. The number of unbranched alkanes of at least 4 members (excludes halogenated alkanes) is 1. The third kappa shape index (κ3) is 7.13. The quantitative estimate of drug-likeness (QED) is 0.749. The fourth-order valence-electron chi connectivity index (χ4n) is 1.65. The van der Waals surface area contributed by atoms with Crippen LogP contribution < -0.4 is 10.6 Å². The Morgan fingerprint density at radius 2 is 2.05 bits per heavy atom. The standard InChI is InChI=1S/C14H26N4O2/c1-14(2,3)20-13(19)17-8-6-5-7-15-11-12-16-9-10-18(12)4/h9-10,15H,5-8,11H2,1-4H3,(H,17,19). The summed E-state index contributed by atoms with van der Waals surface area (Å²) in [6, 6.07) is 0. The largest absolute Gasteiger partial charge is 0.444 e. The highest BCUT2D eigenvalue weighted by Gasteiger charge is 2.15. The highest BCUT2D eigenvalue weighted by Crippen LogP contribution is 2.06. The summed E-state index contributed by atoms with van der Waals surface area (Å²) in [4.78, 5) is 15.6. The monoisotopic (exact) mass is 282 g/mol. The number of aromatic nitrogens is 2. The number of amides is 1. The number of alkyl carbamates (subject to hydrolysis) is 1. The molecule has 1 aromatic heterocycles. The van der Waals surface area contributed by atoms with Crippen LogP contribution in [-0.2, 0) is 18.3 Å². The van der Waals surface area contributed by atoms with Crippen molar-refractivity contribution in [2.75, 3.05) is 13.1 Å². The fourth-order valence-corrected chi connectivity index (χ4v) is 1.65. The van der Waals surface area contributed by atoms with E-state index in [1.165, 1.54) is 0 Å². The lowest BCUT2D eigenvalue weighted by Gasteiger charge is -2.19. The summed E-state index contributed by atoms with van der Waals surface area (Å²) in [5, 5.41) is 6.08. The molecule has 0 aliphatic rings. The van der Waals surface area contributed by atoms with Gasteiger partial charge in [-0.15, -0.1) is 0 Å². The van der Waals surface area contributed by atoms with Gasteiger partial charge in [-0.05, 0) is 40.2 Å². The van der Waals surface area contributed by atoms with Crippen molar-refractivity contribution in [2.45, 2.75) is 45.8 Å². The van der Waals surface area contributed by atoms with Gasteiger partial charge in [-0.3, -0.25) is 0 Å². The van der Waals surface area contributed by atoms with Gasteiger partial charge >= 0.3 is 6.09 Å². The Bertz CT molecular complexity index is 410. The summed E-state index contributed by atoms with van der Waals surface area (Å²) in [6.07, 6.45) is 5.30. The second kappa shape index (κ2) is 7.89. The molecule has 0 radical (unpaired) electrons. The molecule has 2 N–H and O–H groups in total. The first-order valence-electron chi connectivity index (χ1n) is 7.02. The van der Waals surface area contributed by atoms with Gasteiger partial charge in [0.15, 0.2) is 0 Å². The molecule has 0 spiro atoms. The number of nitrogens with zero attached hydrogens (tertiary/aromatic N) is 2. The molecule has 0 aliphatic carbocycles. The van der Waals surface area contributed by atoms with Crippen LogP contribution in [0.4, 0.5) is 4.79 Å². The average molecular weight is 282 g/mol. The number of nitrogens with one attached hydrogen (secondary N) is 2. The maximum absolute atomic E-state index is 11.4. The molecule has 0 fully saturated rings. The lowest BCUT2D eigenvalue weighted by molar-refractivity contribution is 0.0527. The molecule has 0 bridgehead atoms. The predicted molar refractivity (Wildman–Crippen MR) is 78.4 cm³/mol. The number of carbonyl (C=O) groups excluding carboxylic acids is 1. The Balaban J connectivity index is 1.98. The topological polar surface area (TPSA) is 68.2 Å². The number of hydrogen-bond acceptors (Lipinski definition) is 4. The second-order valence-corrected chi connectivity index (χ2v) is 5.77. The first-order chi connectivity index (χ1) is 9.38. The molecule has 20 heavy (non-hydrogen) atoms. The van der Waals surface area contributed by atoms with Crippen LogP contribution in [0.25, 0.3) is 0 Å². The Morgan fingerprint density at radius 1 is 1.35 bits per heavy atom. The molecule has 0 saturated carbocycles. The van der Waals surface area contributed by atoms with Crippen LogP contribution in [0.2, 0.25) is 0 Å². The second-order valence-electron chi connectivity index (χ2n) is 5.77. The van der Waals surface area contributed by atoms with Crippen molar-refractivity contribution in [3.05, 3.63) is 18.2 Å². The number of carbonyl (C=O) groups is 1. The van der Waals surface area contributed by atoms with Gasteiger partial charge in [0.05, 0.1) is 6.54 Å². The van der Waals surface area contributed by atoms with Gasteiger partial charge in [0.2, 0.25) is 0 Å². The number of hydrogen-bond donors (Lipinski definition) is 2. The van der Waals surface area contributed by atoms with Gasteiger partial charge in [0.1, 0.15) is 11.4 Å². The Morgan fingerprint density at radius 3 is 2.65 bits per heavy atom. The van der Waals surface area contributed by atoms with Crippen LogP contribution >= 0.6 is 0 Å². The molecular formula is C14H26N4O2. The molecule has 6 nitrogen and oxygen atoms in total. The molecule has 6 heteroatoms. The van der Waals surface area contributed by atoms with Gasteiger partial charge in [0.25, 0.3) is 0 Å². The van der Waals surface area contributed by atoms with Crippen molar-refractivity contribution in [3.63, 3.8) is 0 Å². The van der Waals surface area contributed by atoms with Gasteiger partial charge in [-0.2, -0.15) is 0 Å². The summed E-state index contributed by atoms with van der Waals surface area (Å²) in [5.74, 6) is 1.02. The highest BCUT2D eigenvalue weighted by atomic mass is 16.6. The molecule has 0 unspecified atom stereocenters. The molecule has 0 aromatic carbocycles. The van der Waals surface area contributed by atoms with Gasteiger partial charge in [0, 0.05) is 26.0 Å². The van der Waals surface area contributed by atoms with Gasteiger partial charge in [-0.25, -0.2) is 9.78 Å². The SMILES string of the molecule is Cn1ccnc1CNCCCCNC(=O)OC(C)(C)C. The van der Waals surface area contributed by atoms with E-state index in [0.29, 0.717) is 6.54 Å². The normalized spacial score (nSPS) is 11.4. The molecular weight excluding hydrogens is 256 g/mol. The van der Waals surface area contributed by atoms with E-state index in [0.717, 1.165) is 31.8 Å². The molecule has 0 saturated heterocycles. The predicted octanol–water partition coefficient (Wildman–Crippen LogP) is 1.81. The first-order valence-corrected chi connectivity index (χ1v) is 7.02. The minimum Gasteiger partial charge on any atom is -0.444 e. The maximum Gasteiger partial charge on any atom is 0.407 e. The van der Waals surface area contributed by atoms with Crippen molar-refractivity contribution in [2.24, 2.45) is 7.05 Å². The van der Waals surface area contributed by atoms with Crippen molar-refractivity contribution in [1.29, 1.82) is 0 Å². The number of rotatable bonds is 7. The van der Waals surface area contributed by atoms with Crippen LogP contribution in [0.3, 0.4) is 0 Å². The molecule has 114 valence electrons. The molecule has 0 aliphatic heterocycles. The zero-order valence-electron chi connectivity index (χ0n) is 12.9. The summed E-state index contributed by atoms with van der Waals surface area (Å²) >= 11 is 0. The van der Waals surface area contributed by atoms with Crippen LogP contribution in [0.15, 0.2) is 12.4 Å². The number of aryl methyl sites for hydroxylation is 1. The lowest BCUT2D eigenvalue weighted by atomic mass is 10.2. The van der Waals surface area contributed by atoms with E-state index in [4.69, 9.17) is 4.74 Å². The van der Waals surface area contributed by atoms with Crippen molar-refractivity contribution >= 4 is 6.09 Å². The molecule has 1 rings (SSSR count). The Hall–Kier alpha value is -1.56. The summed E-state index contributed by atoms with van der Waals surface area (Å²) in [5.41, 5.74) is -0.437. The third-order valence-corrected chi connectivity index (χ3v) is 2.65. The van der Waals surface area contributed by atoms with Crippen molar-refractivity contribution in [1.82, 2.24) is 20.2 Å². The minimum absolute atomic E-state index is 0.349. The lowest BCUT2D eigenvalue weighted by Crippen LogP contribution is -2.33. The van der Waals surface area contributed by atoms with E-state index in [-0.39, 0.29) is 6.09 Å². The average Bonchev–Trinajstić information content (AvgIpc) is 2.71. The van der Waals surface area contributed by atoms with E-state index in [1.54, 1.807) is 6.20 Å². The van der Waals surface area contributed by atoms with Crippen LogP contribution in [0.1, 0.15) is 39.4 Å². The molecule has 1 heterocycles. The summed E-state index contributed by atoms with van der Waals surface area (Å²) in [6.45, 7) is 7.88. The van der Waals surface area contributed by atoms with E-state index in [1.807, 2.05) is 38.6 Å². The van der Waals surface area contributed by atoms with Crippen LogP contribution in [0.5, 0.6) is 0 Å². The van der Waals surface area contributed by atoms with E-state index in [9.17, 15) is 4.79 Å². The number of ether oxygens (including phenoxy) is 1. The smallest absolute Gasteiger partial charge is 0.407 e. The first kappa shape index (κ1) is 16.5. The third-order valence-electron chi connectivity index (χ3n) is 2.65. The van der Waals surface area contributed by atoms with Crippen molar-refractivity contribution < 1.29 is 9.53 Å². The summed E-state index contributed by atoms with van der Waals surface area (Å²) < 4.78 is 7.15. The van der Waals surface area contributed by atoms with Crippen LogP contribution in [-0.4, -0.2) is 34.3 Å². The Kier molecular flexibility index (Phi) is 6.51. The molecule has 1 aromatic rings. The maximum atomic E-state index is 11.4. The van der Waals surface area contributed by atoms with Crippen LogP contribution in [0, 0.1) is 0 Å². The number of imidazole rings is 1.